The van der Waals surface area contributed by atoms with Crippen molar-refractivity contribution < 1.29 is 23.9 Å². The van der Waals surface area contributed by atoms with Crippen LogP contribution in [0.3, 0.4) is 0 Å². The molecule has 3 rings (SSSR count). The molecular weight excluding hydrogens is 362 g/mol. The highest BCUT2D eigenvalue weighted by atomic mass is 16.5. The summed E-state index contributed by atoms with van der Waals surface area (Å²) in [6.07, 6.45) is 0. The molecule has 0 aliphatic carbocycles. The summed E-state index contributed by atoms with van der Waals surface area (Å²) in [6.45, 7) is 0.780. The minimum atomic E-state index is -0.815. The molecule has 0 bridgehead atoms. The molecule has 0 aromatic heterocycles. The van der Waals surface area contributed by atoms with Gasteiger partial charge in [0.2, 0.25) is 0 Å². The normalized spacial score (nSPS) is 15.1. The third kappa shape index (κ3) is 4.11. The third-order valence-corrected chi connectivity index (χ3v) is 4.55. The van der Waals surface area contributed by atoms with Crippen LogP contribution in [0.25, 0.3) is 10.8 Å². The molecule has 4 amide bonds. The van der Waals surface area contributed by atoms with E-state index in [2.05, 4.69) is 5.32 Å². The second-order valence-corrected chi connectivity index (χ2v) is 6.64. The van der Waals surface area contributed by atoms with Gasteiger partial charge in [0, 0.05) is 7.05 Å². The van der Waals surface area contributed by atoms with Crippen LogP contribution in [0.1, 0.15) is 18.5 Å². The molecule has 146 valence electrons. The van der Waals surface area contributed by atoms with Crippen molar-refractivity contribution in [3.05, 3.63) is 48.0 Å². The second-order valence-electron chi connectivity index (χ2n) is 6.64. The molecule has 0 saturated carbocycles. The van der Waals surface area contributed by atoms with Gasteiger partial charge in [-0.25, -0.2) is 4.79 Å². The van der Waals surface area contributed by atoms with E-state index in [1.165, 1.54) is 11.9 Å². The van der Waals surface area contributed by atoms with Crippen LogP contribution in [0, 0.1) is 0 Å². The molecule has 0 spiro atoms. The van der Waals surface area contributed by atoms with Crippen LogP contribution in [-0.2, 0) is 19.1 Å². The van der Waals surface area contributed by atoms with E-state index >= 15 is 0 Å². The summed E-state index contributed by atoms with van der Waals surface area (Å²) in [5.41, 5.74) is 0.953. The maximum absolute atomic E-state index is 12.1. The topological polar surface area (TPSA) is 96.0 Å². The van der Waals surface area contributed by atoms with Crippen molar-refractivity contribution in [2.45, 2.75) is 13.0 Å². The lowest BCUT2D eigenvalue weighted by Crippen LogP contribution is -2.38. The summed E-state index contributed by atoms with van der Waals surface area (Å²) in [6, 6.07) is 12.9. The molecule has 1 aliphatic heterocycles. The lowest BCUT2D eigenvalue weighted by Gasteiger charge is -2.17. The number of nitrogens with zero attached hydrogens (tertiary/aromatic N) is 2. The maximum atomic E-state index is 12.1. The molecule has 0 unspecified atom stereocenters. The molecule has 2 aromatic rings. The number of rotatable bonds is 6. The molecule has 8 nitrogen and oxygen atoms in total. The number of esters is 1. The highest BCUT2D eigenvalue weighted by molar-refractivity contribution is 6.04. The number of imide groups is 1. The molecule has 2 aromatic carbocycles. The van der Waals surface area contributed by atoms with E-state index in [0.717, 1.165) is 21.2 Å². The van der Waals surface area contributed by atoms with Crippen LogP contribution in [0.15, 0.2) is 42.5 Å². The fraction of sp³-hybridized carbons (Fsp3) is 0.300. The predicted octanol–water partition coefficient (Wildman–Crippen LogP) is 1.45. The number of benzene rings is 2. The van der Waals surface area contributed by atoms with Crippen molar-refractivity contribution in [2.24, 2.45) is 0 Å². The van der Waals surface area contributed by atoms with E-state index in [-0.39, 0.29) is 12.6 Å². The van der Waals surface area contributed by atoms with Gasteiger partial charge >= 0.3 is 12.0 Å². The Kier molecular flexibility index (Phi) is 5.58. The predicted molar refractivity (Wildman–Crippen MR) is 101 cm³/mol. The smallest absolute Gasteiger partial charge is 0.327 e. The van der Waals surface area contributed by atoms with Gasteiger partial charge in [-0.1, -0.05) is 42.5 Å². The second kappa shape index (κ2) is 8.08. The van der Waals surface area contributed by atoms with Gasteiger partial charge in [0.15, 0.2) is 6.61 Å². The van der Waals surface area contributed by atoms with Crippen molar-refractivity contribution in [3.63, 3.8) is 0 Å². The molecule has 0 radical (unpaired) electrons. The van der Waals surface area contributed by atoms with E-state index in [1.54, 1.807) is 0 Å². The van der Waals surface area contributed by atoms with Crippen molar-refractivity contribution in [2.75, 3.05) is 26.7 Å². The minimum absolute atomic E-state index is 0.0743. The number of urea groups is 1. The zero-order valence-corrected chi connectivity index (χ0v) is 15.7. The van der Waals surface area contributed by atoms with Crippen molar-refractivity contribution in [1.29, 1.82) is 0 Å². The lowest BCUT2D eigenvalue weighted by atomic mass is 10.00. The molecule has 1 atom stereocenters. The molecule has 1 heterocycles. The molecule has 8 heteroatoms. The Morgan fingerprint density at radius 1 is 1.14 bits per heavy atom. The highest BCUT2D eigenvalue weighted by Crippen LogP contribution is 2.23. The van der Waals surface area contributed by atoms with E-state index in [0.29, 0.717) is 0 Å². The number of hydrogen-bond acceptors (Lipinski definition) is 5. The van der Waals surface area contributed by atoms with E-state index in [9.17, 15) is 19.2 Å². The Hall–Kier alpha value is -3.42. The fourth-order valence-electron chi connectivity index (χ4n) is 3.13. The number of likely N-dealkylation sites (N-methyl/N-ethyl adjacent to an activating group) is 1. The first-order valence-corrected chi connectivity index (χ1v) is 8.85. The first-order chi connectivity index (χ1) is 13.4. The zero-order valence-electron chi connectivity index (χ0n) is 15.7. The number of nitrogens with one attached hydrogen (secondary N) is 1. The maximum Gasteiger partial charge on any atom is 0.327 e. The van der Waals surface area contributed by atoms with Gasteiger partial charge in [-0.15, -0.1) is 0 Å². The van der Waals surface area contributed by atoms with Crippen LogP contribution in [-0.4, -0.2) is 60.4 Å². The summed E-state index contributed by atoms with van der Waals surface area (Å²) >= 11 is 0. The summed E-state index contributed by atoms with van der Waals surface area (Å²) in [5, 5.41) is 4.89. The third-order valence-electron chi connectivity index (χ3n) is 4.55. The Bertz CT molecular complexity index is 937. The number of carbonyl (C=O) groups excluding carboxylic acids is 4. The van der Waals surface area contributed by atoms with Gasteiger partial charge in [-0.05, 0) is 23.3 Å². The van der Waals surface area contributed by atoms with Gasteiger partial charge in [0.1, 0.15) is 13.1 Å². The molecular formula is C20H21N3O5. The summed E-state index contributed by atoms with van der Waals surface area (Å²) in [7, 11) is 1.47. The molecule has 1 aliphatic rings. The Labute approximate surface area is 162 Å². The van der Waals surface area contributed by atoms with Gasteiger partial charge in [-0.3, -0.25) is 19.3 Å². The quantitative estimate of drug-likeness (QED) is 0.602. The largest absolute Gasteiger partial charge is 0.454 e. The van der Waals surface area contributed by atoms with Gasteiger partial charge in [-0.2, -0.15) is 0 Å². The van der Waals surface area contributed by atoms with Crippen LogP contribution < -0.4 is 5.32 Å². The summed E-state index contributed by atoms with van der Waals surface area (Å²) in [5.74, 6) is -1.76. The van der Waals surface area contributed by atoms with Crippen LogP contribution in [0.5, 0.6) is 0 Å². The van der Waals surface area contributed by atoms with Gasteiger partial charge in [0.25, 0.3) is 11.8 Å². The zero-order chi connectivity index (χ0) is 20.3. The monoisotopic (exact) mass is 383 g/mol. The average molecular weight is 383 g/mol. The van der Waals surface area contributed by atoms with E-state index in [1.807, 2.05) is 49.4 Å². The van der Waals surface area contributed by atoms with Crippen molar-refractivity contribution in [1.82, 2.24) is 15.1 Å². The minimum Gasteiger partial charge on any atom is -0.454 e. The highest BCUT2D eigenvalue weighted by Gasteiger charge is 2.35. The number of carbonyl (C=O) groups is 4. The summed E-state index contributed by atoms with van der Waals surface area (Å²) < 4.78 is 4.91. The van der Waals surface area contributed by atoms with Crippen molar-refractivity contribution >= 4 is 34.6 Å². The molecule has 1 saturated heterocycles. The molecule has 1 fully saturated rings. The van der Waals surface area contributed by atoms with Crippen LogP contribution in [0.4, 0.5) is 4.79 Å². The lowest BCUT2D eigenvalue weighted by molar-refractivity contribution is -0.150. The summed E-state index contributed by atoms with van der Waals surface area (Å²) in [4.78, 5) is 49.4. The Morgan fingerprint density at radius 3 is 2.57 bits per heavy atom. The number of amides is 4. The van der Waals surface area contributed by atoms with Gasteiger partial charge in [0.05, 0.1) is 6.04 Å². The SMILES string of the molecule is C[C@H](NC(=O)COC(=O)CN1C(=O)CN(C)C1=O)c1cccc2ccccc12. The first kappa shape index (κ1) is 19.3. The standard InChI is InChI=1S/C20H21N3O5/c1-13(15-9-5-7-14-6-3-4-8-16(14)15)21-17(24)12-28-19(26)11-23-18(25)10-22(2)20(23)27/h3-9,13H,10-12H2,1-2H3,(H,21,24)/t13-/m0/s1. The van der Waals surface area contributed by atoms with Crippen LogP contribution in [0.2, 0.25) is 0 Å². The molecule has 1 N–H and O–H groups in total. The fourth-order valence-corrected chi connectivity index (χ4v) is 3.13. The van der Waals surface area contributed by atoms with E-state index in [4.69, 9.17) is 4.74 Å². The Balaban J connectivity index is 1.53. The number of fused-ring (bicyclic) bond motifs is 1. The Morgan fingerprint density at radius 2 is 1.86 bits per heavy atom. The number of hydrogen-bond donors (Lipinski definition) is 1. The van der Waals surface area contributed by atoms with Crippen LogP contribution >= 0.6 is 0 Å². The number of ether oxygens (including phenoxy) is 1. The average Bonchev–Trinajstić information content (AvgIpc) is 2.92. The van der Waals surface area contributed by atoms with E-state index < -0.39 is 37.0 Å². The van der Waals surface area contributed by atoms with Crippen molar-refractivity contribution in [3.8, 4) is 0 Å². The van der Waals surface area contributed by atoms with Gasteiger partial charge < -0.3 is 15.0 Å². The molecule has 28 heavy (non-hydrogen) atoms. The first-order valence-electron chi connectivity index (χ1n) is 8.85.